The first-order chi connectivity index (χ1) is 8.24. The fourth-order valence-corrected chi connectivity index (χ4v) is 1.83. The number of amides is 2. The van der Waals surface area contributed by atoms with Gasteiger partial charge in [-0.15, -0.1) is 12.4 Å². The first kappa shape index (κ1) is 17.2. The second-order valence-corrected chi connectivity index (χ2v) is 4.33. The summed E-state index contributed by atoms with van der Waals surface area (Å²) in [7, 11) is 0. The predicted molar refractivity (Wildman–Crippen MR) is 73.8 cm³/mol. The van der Waals surface area contributed by atoms with Crippen LogP contribution in [0, 0.1) is 0 Å². The van der Waals surface area contributed by atoms with Crippen molar-refractivity contribution in [2.24, 2.45) is 0 Å². The number of nitrogens with one attached hydrogen (secondary N) is 2. The first-order valence-electron chi connectivity index (χ1n) is 6.49. The van der Waals surface area contributed by atoms with E-state index in [9.17, 15) is 9.59 Å². The second-order valence-electron chi connectivity index (χ2n) is 4.33. The van der Waals surface area contributed by atoms with E-state index in [1.807, 2.05) is 11.8 Å². The summed E-state index contributed by atoms with van der Waals surface area (Å²) in [5.41, 5.74) is 0. The van der Waals surface area contributed by atoms with Gasteiger partial charge in [-0.1, -0.05) is 6.92 Å². The number of hydrogen-bond donors (Lipinski definition) is 2. The Morgan fingerprint density at radius 2 is 2.00 bits per heavy atom. The summed E-state index contributed by atoms with van der Waals surface area (Å²) in [6.45, 7) is 6.10. The van der Waals surface area contributed by atoms with Crippen molar-refractivity contribution in [1.82, 2.24) is 15.5 Å². The minimum absolute atomic E-state index is 0. The summed E-state index contributed by atoms with van der Waals surface area (Å²) in [5, 5.41) is 6.03. The third-order valence-electron chi connectivity index (χ3n) is 2.83. The maximum atomic E-state index is 11.8. The zero-order valence-corrected chi connectivity index (χ0v) is 11.9. The van der Waals surface area contributed by atoms with E-state index in [0.717, 1.165) is 39.0 Å². The average molecular weight is 278 g/mol. The van der Waals surface area contributed by atoms with Crippen LogP contribution < -0.4 is 10.6 Å². The molecule has 1 saturated heterocycles. The minimum Gasteiger partial charge on any atom is -0.356 e. The van der Waals surface area contributed by atoms with E-state index in [0.29, 0.717) is 19.4 Å². The molecule has 1 rings (SSSR count). The summed E-state index contributed by atoms with van der Waals surface area (Å²) in [6.07, 6.45) is 2.56. The molecule has 0 bridgehead atoms. The van der Waals surface area contributed by atoms with Crippen LogP contribution in [0.25, 0.3) is 0 Å². The molecule has 0 radical (unpaired) electrons. The summed E-state index contributed by atoms with van der Waals surface area (Å²) < 4.78 is 0. The van der Waals surface area contributed by atoms with Crippen LogP contribution in [0.15, 0.2) is 0 Å². The monoisotopic (exact) mass is 277 g/mol. The molecular formula is C12H24ClN3O2. The smallest absolute Gasteiger partial charge is 0.223 e. The van der Waals surface area contributed by atoms with Crippen LogP contribution in [0.3, 0.4) is 0 Å². The Hall–Kier alpha value is -0.810. The number of halogens is 1. The Kier molecular flexibility index (Phi) is 9.69. The topological polar surface area (TPSA) is 61.4 Å². The highest BCUT2D eigenvalue weighted by atomic mass is 35.5. The molecule has 0 aliphatic carbocycles. The highest BCUT2D eigenvalue weighted by molar-refractivity contribution is 5.85. The average Bonchev–Trinajstić information content (AvgIpc) is 2.62. The largest absolute Gasteiger partial charge is 0.356 e. The molecule has 1 heterocycles. The van der Waals surface area contributed by atoms with Gasteiger partial charge in [-0.3, -0.25) is 9.59 Å². The normalized spacial score (nSPS) is 15.5. The zero-order valence-electron chi connectivity index (χ0n) is 11.0. The van der Waals surface area contributed by atoms with Crippen LogP contribution in [0.1, 0.15) is 32.6 Å². The number of carbonyl (C=O) groups excluding carboxylic acids is 2. The maximum Gasteiger partial charge on any atom is 0.223 e. The molecule has 0 aromatic heterocycles. The van der Waals surface area contributed by atoms with Gasteiger partial charge in [-0.05, 0) is 19.4 Å². The summed E-state index contributed by atoms with van der Waals surface area (Å²) in [4.78, 5) is 25.1. The number of rotatable bonds is 5. The standard InChI is InChI=1S/C12H23N3O2.ClH/c1-2-6-14-11(16)4-5-12(17)15-9-3-7-13-8-10-15;/h13H,2-10H2,1H3,(H,14,16);1H. The molecule has 0 unspecified atom stereocenters. The SMILES string of the molecule is CCCNC(=O)CCC(=O)N1CCCNCC1.Cl. The lowest BCUT2D eigenvalue weighted by Crippen LogP contribution is -2.35. The number of nitrogens with zero attached hydrogens (tertiary/aromatic N) is 1. The lowest BCUT2D eigenvalue weighted by Gasteiger charge is -2.19. The van der Waals surface area contributed by atoms with E-state index in [1.54, 1.807) is 0 Å². The molecule has 0 aromatic carbocycles. The van der Waals surface area contributed by atoms with Gasteiger partial charge in [0.15, 0.2) is 0 Å². The second kappa shape index (κ2) is 10.1. The van der Waals surface area contributed by atoms with Crippen LogP contribution in [0.5, 0.6) is 0 Å². The van der Waals surface area contributed by atoms with Gasteiger partial charge in [0.2, 0.25) is 11.8 Å². The van der Waals surface area contributed by atoms with E-state index in [-0.39, 0.29) is 24.2 Å². The fourth-order valence-electron chi connectivity index (χ4n) is 1.83. The third-order valence-corrected chi connectivity index (χ3v) is 2.83. The van der Waals surface area contributed by atoms with Crippen molar-refractivity contribution in [3.05, 3.63) is 0 Å². The highest BCUT2D eigenvalue weighted by Crippen LogP contribution is 2.01. The van der Waals surface area contributed by atoms with E-state index in [4.69, 9.17) is 0 Å². The molecule has 1 aliphatic rings. The molecule has 0 spiro atoms. The van der Waals surface area contributed by atoms with E-state index >= 15 is 0 Å². The maximum absolute atomic E-state index is 11.8. The molecule has 1 aliphatic heterocycles. The van der Waals surface area contributed by atoms with Crippen LogP contribution in [-0.2, 0) is 9.59 Å². The quantitative estimate of drug-likeness (QED) is 0.771. The third kappa shape index (κ3) is 6.81. The lowest BCUT2D eigenvalue weighted by molar-refractivity contribution is -0.133. The predicted octanol–water partition coefficient (Wildman–Crippen LogP) is 0.536. The Morgan fingerprint density at radius 1 is 1.22 bits per heavy atom. The Bertz CT molecular complexity index is 254. The van der Waals surface area contributed by atoms with E-state index in [1.165, 1.54) is 0 Å². The van der Waals surface area contributed by atoms with Crippen molar-refractivity contribution in [3.63, 3.8) is 0 Å². The van der Waals surface area contributed by atoms with Gasteiger partial charge in [0.1, 0.15) is 0 Å². The summed E-state index contributed by atoms with van der Waals surface area (Å²) in [5.74, 6) is 0.0773. The van der Waals surface area contributed by atoms with E-state index < -0.39 is 0 Å². The molecule has 18 heavy (non-hydrogen) atoms. The summed E-state index contributed by atoms with van der Waals surface area (Å²) >= 11 is 0. The number of hydrogen-bond acceptors (Lipinski definition) is 3. The van der Waals surface area contributed by atoms with Crippen molar-refractivity contribution in [3.8, 4) is 0 Å². The van der Waals surface area contributed by atoms with Gasteiger partial charge < -0.3 is 15.5 Å². The fraction of sp³-hybridized carbons (Fsp3) is 0.833. The minimum atomic E-state index is -0.0202. The molecule has 0 aromatic rings. The molecule has 5 nitrogen and oxygen atoms in total. The van der Waals surface area contributed by atoms with Gasteiger partial charge in [0.25, 0.3) is 0 Å². The Balaban J connectivity index is 0.00000289. The van der Waals surface area contributed by atoms with Gasteiger partial charge in [-0.2, -0.15) is 0 Å². The summed E-state index contributed by atoms with van der Waals surface area (Å²) in [6, 6.07) is 0. The van der Waals surface area contributed by atoms with Crippen molar-refractivity contribution < 1.29 is 9.59 Å². The van der Waals surface area contributed by atoms with Crippen LogP contribution >= 0.6 is 12.4 Å². The lowest BCUT2D eigenvalue weighted by atomic mass is 10.2. The van der Waals surface area contributed by atoms with Crippen molar-refractivity contribution in [1.29, 1.82) is 0 Å². The van der Waals surface area contributed by atoms with Gasteiger partial charge in [0, 0.05) is 39.0 Å². The highest BCUT2D eigenvalue weighted by Gasteiger charge is 2.15. The first-order valence-corrected chi connectivity index (χ1v) is 6.49. The molecule has 1 fully saturated rings. The molecule has 0 atom stereocenters. The Morgan fingerprint density at radius 3 is 2.72 bits per heavy atom. The van der Waals surface area contributed by atoms with Crippen LogP contribution in [-0.4, -0.2) is 49.4 Å². The molecule has 6 heteroatoms. The van der Waals surface area contributed by atoms with Crippen molar-refractivity contribution in [2.45, 2.75) is 32.6 Å². The molecule has 0 saturated carbocycles. The van der Waals surface area contributed by atoms with Crippen LogP contribution in [0.4, 0.5) is 0 Å². The van der Waals surface area contributed by atoms with Gasteiger partial charge >= 0.3 is 0 Å². The van der Waals surface area contributed by atoms with Gasteiger partial charge in [0.05, 0.1) is 0 Å². The molecule has 2 N–H and O–H groups in total. The van der Waals surface area contributed by atoms with Gasteiger partial charge in [-0.25, -0.2) is 0 Å². The molecule has 106 valence electrons. The van der Waals surface area contributed by atoms with Crippen molar-refractivity contribution in [2.75, 3.05) is 32.7 Å². The van der Waals surface area contributed by atoms with Crippen LogP contribution in [0.2, 0.25) is 0 Å². The zero-order chi connectivity index (χ0) is 12.5. The Labute approximate surface area is 115 Å². The van der Waals surface area contributed by atoms with E-state index in [2.05, 4.69) is 10.6 Å². The molecular weight excluding hydrogens is 254 g/mol. The van der Waals surface area contributed by atoms with Crippen molar-refractivity contribution >= 4 is 24.2 Å². The molecule has 2 amide bonds. The number of carbonyl (C=O) groups is 2.